The maximum atomic E-state index is 12.7. The molecule has 0 radical (unpaired) electrons. The largest absolute Gasteiger partial charge is 0.462 e. The number of hydrogen-bond donors (Lipinski definition) is 0. The Bertz CT molecular complexity index is 1240. The lowest BCUT2D eigenvalue weighted by atomic mass is 10.1. The molecule has 0 saturated heterocycles. The molecule has 360 valence electrons. The van der Waals surface area contributed by atoms with Crippen LogP contribution in [-0.4, -0.2) is 37.2 Å². The number of allylic oxidation sites excluding steroid dienone is 14. The number of hydrogen-bond acceptors (Lipinski definition) is 6. The van der Waals surface area contributed by atoms with E-state index >= 15 is 0 Å². The zero-order valence-electron chi connectivity index (χ0n) is 41.1. The SMILES string of the molecule is CC/C=C\C/C=C\C/C=C\C/C=C\C/C=C\C/C=C\CCCCCCCCC(=O)OCC(COC(=O)CCCCCCCCCC)OC(=O)CCCCCCC/C=C\CCCCC. The fourth-order valence-corrected chi connectivity index (χ4v) is 6.97. The molecular formula is C57H96O6. The van der Waals surface area contributed by atoms with Gasteiger partial charge in [0.05, 0.1) is 0 Å². The highest BCUT2D eigenvalue weighted by Crippen LogP contribution is 2.14. The first-order valence-corrected chi connectivity index (χ1v) is 26.1. The molecule has 0 aliphatic heterocycles. The highest BCUT2D eigenvalue weighted by molar-refractivity contribution is 5.71. The molecule has 0 aliphatic rings. The minimum atomic E-state index is -0.783. The lowest BCUT2D eigenvalue weighted by Crippen LogP contribution is -2.30. The Morgan fingerprint density at radius 1 is 0.333 bits per heavy atom. The van der Waals surface area contributed by atoms with Crippen molar-refractivity contribution < 1.29 is 28.6 Å². The third kappa shape index (κ3) is 49.5. The molecule has 1 atom stereocenters. The zero-order valence-corrected chi connectivity index (χ0v) is 41.1. The summed E-state index contributed by atoms with van der Waals surface area (Å²) < 4.78 is 16.7. The van der Waals surface area contributed by atoms with Crippen molar-refractivity contribution in [2.45, 2.75) is 245 Å². The van der Waals surface area contributed by atoms with Crippen molar-refractivity contribution in [1.29, 1.82) is 0 Å². The maximum absolute atomic E-state index is 12.7. The summed E-state index contributed by atoms with van der Waals surface area (Å²) in [6.45, 7) is 6.44. The highest BCUT2D eigenvalue weighted by atomic mass is 16.6. The number of unbranched alkanes of at least 4 members (excludes halogenated alkanes) is 21. The molecule has 0 heterocycles. The molecular weight excluding hydrogens is 781 g/mol. The minimum Gasteiger partial charge on any atom is -0.462 e. The van der Waals surface area contributed by atoms with E-state index in [1.54, 1.807) is 0 Å². The third-order valence-electron chi connectivity index (χ3n) is 10.9. The Morgan fingerprint density at radius 3 is 1.02 bits per heavy atom. The molecule has 6 nitrogen and oxygen atoms in total. The molecule has 1 unspecified atom stereocenters. The lowest BCUT2D eigenvalue weighted by molar-refractivity contribution is -0.167. The van der Waals surface area contributed by atoms with Gasteiger partial charge in [-0.25, -0.2) is 0 Å². The van der Waals surface area contributed by atoms with Gasteiger partial charge in [0.1, 0.15) is 13.2 Å². The molecule has 0 aromatic carbocycles. The first kappa shape index (κ1) is 59.6. The monoisotopic (exact) mass is 877 g/mol. The van der Waals surface area contributed by atoms with Gasteiger partial charge < -0.3 is 14.2 Å². The van der Waals surface area contributed by atoms with E-state index in [9.17, 15) is 14.4 Å². The first-order valence-electron chi connectivity index (χ1n) is 26.1. The number of carbonyl (C=O) groups excluding carboxylic acids is 3. The summed E-state index contributed by atoms with van der Waals surface area (Å²) in [6, 6.07) is 0. The normalized spacial score (nSPS) is 12.7. The highest BCUT2D eigenvalue weighted by Gasteiger charge is 2.19. The van der Waals surface area contributed by atoms with Crippen LogP contribution in [0.5, 0.6) is 0 Å². The molecule has 63 heavy (non-hydrogen) atoms. The Kier molecular flexibility index (Phi) is 48.5. The second kappa shape index (κ2) is 51.2. The Balaban J connectivity index is 4.26. The van der Waals surface area contributed by atoms with Crippen LogP contribution < -0.4 is 0 Å². The van der Waals surface area contributed by atoms with Crippen molar-refractivity contribution in [2.24, 2.45) is 0 Å². The van der Waals surface area contributed by atoms with Gasteiger partial charge in [-0.2, -0.15) is 0 Å². The quantitative estimate of drug-likeness (QED) is 0.0262. The fourth-order valence-electron chi connectivity index (χ4n) is 6.97. The summed E-state index contributed by atoms with van der Waals surface area (Å²) in [5.41, 5.74) is 0. The predicted octanol–water partition coefficient (Wildman–Crippen LogP) is 17.2. The molecule has 0 aromatic heterocycles. The standard InChI is InChI=1S/C57H96O6/c1-4-7-10-13-16-19-21-23-24-25-26-27-28-29-30-31-32-33-34-35-37-38-41-44-47-50-56(59)62-53-54(52-61-55(58)49-46-43-40-18-15-12-9-6-3)63-57(60)51-48-45-42-39-36-22-20-17-14-11-8-5-2/h7,10,16-17,19-20,23-24,26-27,29-30,32-33,54H,4-6,8-9,11-15,18,21-22,25,28,31,34-53H2,1-3H3/b10-7-,19-16-,20-17-,24-23-,27-26-,30-29-,33-32-. The Hall–Kier alpha value is -3.41. The molecule has 6 heteroatoms. The number of carbonyl (C=O) groups is 3. The Morgan fingerprint density at radius 2 is 0.619 bits per heavy atom. The van der Waals surface area contributed by atoms with E-state index in [-0.39, 0.29) is 31.1 Å². The van der Waals surface area contributed by atoms with Crippen molar-refractivity contribution in [3.63, 3.8) is 0 Å². The van der Waals surface area contributed by atoms with Gasteiger partial charge in [-0.15, -0.1) is 0 Å². The molecule has 0 bridgehead atoms. The number of ether oxygens (including phenoxy) is 3. The molecule has 0 aromatic rings. The minimum absolute atomic E-state index is 0.0839. The second-order valence-electron chi connectivity index (χ2n) is 17.1. The summed E-state index contributed by atoms with van der Waals surface area (Å²) in [5.74, 6) is -0.915. The van der Waals surface area contributed by atoms with E-state index in [2.05, 4.69) is 106 Å². The summed E-state index contributed by atoms with van der Waals surface area (Å²) >= 11 is 0. The maximum Gasteiger partial charge on any atom is 0.306 e. The molecule has 0 saturated carbocycles. The molecule has 0 aliphatic carbocycles. The van der Waals surface area contributed by atoms with E-state index in [0.717, 1.165) is 122 Å². The molecule has 0 fully saturated rings. The average Bonchev–Trinajstić information content (AvgIpc) is 3.28. The molecule has 0 spiro atoms. The Labute approximate surface area is 388 Å². The van der Waals surface area contributed by atoms with Crippen molar-refractivity contribution in [3.05, 3.63) is 85.1 Å². The van der Waals surface area contributed by atoms with Crippen LogP contribution in [0.25, 0.3) is 0 Å². The van der Waals surface area contributed by atoms with Gasteiger partial charge >= 0.3 is 17.9 Å². The van der Waals surface area contributed by atoms with E-state index in [1.165, 1.54) is 77.0 Å². The van der Waals surface area contributed by atoms with Crippen LogP contribution in [0.2, 0.25) is 0 Å². The van der Waals surface area contributed by atoms with Crippen LogP contribution in [0, 0.1) is 0 Å². The first-order chi connectivity index (χ1) is 31.0. The van der Waals surface area contributed by atoms with Crippen molar-refractivity contribution >= 4 is 17.9 Å². The van der Waals surface area contributed by atoms with Crippen LogP contribution in [-0.2, 0) is 28.6 Å². The van der Waals surface area contributed by atoms with Gasteiger partial charge in [-0.05, 0) is 96.3 Å². The van der Waals surface area contributed by atoms with Gasteiger partial charge in [-0.1, -0.05) is 209 Å². The number of rotatable bonds is 46. The van der Waals surface area contributed by atoms with Crippen molar-refractivity contribution in [2.75, 3.05) is 13.2 Å². The summed E-state index contributed by atoms with van der Waals surface area (Å²) in [5, 5.41) is 0. The van der Waals surface area contributed by atoms with Crippen LogP contribution in [0.3, 0.4) is 0 Å². The molecule has 0 amide bonds. The predicted molar refractivity (Wildman–Crippen MR) is 270 cm³/mol. The van der Waals surface area contributed by atoms with E-state index in [1.807, 2.05) is 0 Å². The van der Waals surface area contributed by atoms with Crippen LogP contribution >= 0.6 is 0 Å². The fraction of sp³-hybridized carbons (Fsp3) is 0.702. The third-order valence-corrected chi connectivity index (χ3v) is 10.9. The van der Waals surface area contributed by atoms with Gasteiger partial charge in [0.2, 0.25) is 0 Å². The summed E-state index contributed by atoms with van der Waals surface area (Å²) in [6.07, 6.45) is 65.8. The van der Waals surface area contributed by atoms with Crippen LogP contribution in [0.4, 0.5) is 0 Å². The number of esters is 3. The van der Waals surface area contributed by atoms with Gasteiger partial charge in [-0.3, -0.25) is 14.4 Å². The van der Waals surface area contributed by atoms with Gasteiger partial charge in [0, 0.05) is 19.3 Å². The summed E-state index contributed by atoms with van der Waals surface area (Å²) in [7, 11) is 0. The van der Waals surface area contributed by atoms with Crippen molar-refractivity contribution in [1.82, 2.24) is 0 Å². The van der Waals surface area contributed by atoms with E-state index < -0.39 is 6.10 Å². The van der Waals surface area contributed by atoms with Gasteiger partial charge in [0.15, 0.2) is 6.10 Å². The molecule has 0 rings (SSSR count). The van der Waals surface area contributed by atoms with Crippen molar-refractivity contribution in [3.8, 4) is 0 Å². The second-order valence-corrected chi connectivity index (χ2v) is 17.1. The summed E-state index contributed by atoms with van der Waals surface area (Å²) in [4.78, 5) is 37.8. The van der Waals surface area contributed by atoms with E-state index in [4.69, 9.17) is 14.2 Å². The van der Waals surface area contributed by atoms with Gasteiger partial charge in [0.25, 0.3) is 0 Å². The topological polar surface area (TPSA) is 78.9 Å². The van der Waals surface area contributed by atoms with Crippen LogP contribution in [0.15, 0.2) is 85.1 Å². The van der Waals surface area contributed by atoms with E-state index in [0.29, 0.717) is 19.3 Å². The average molecular weight is 877 g/mol. The van der Waals surface area contributed by atoms with Crippen LogP contribution in [0.1, 0.15) is 239 Å². The smallest absolute Gasteiger partial charge is 0.306 e. The molecule has 0 N–H and O–H groups in total. The lowest BCUT2D eigenvalue weighted by Gasteiger charge is -2.18. The zero-order chi connectivity index (χ0) is 45.8.